The Bertz CT molecular complexity index is 567. The molecule has 1 aromatic rings. The first-order chi connectivity index (χ1) is 10.5. The average Bonchev–Trinajstić information content (AvgIpc) is 3.08. The van der Waals surface area contributed by atoms with Crippen molar-refractivity contribution < 1.29 is 14.7 Å². The lowest BCUT2D eigenvalue weighted by atomic mass is 9.92. The number of carboxylic acid groups (broad SMARTS) is 1. The van der Waals surface area contributed by atoms with Crippen LogP contribution in [0.5, 0.6) is 0 Å². The Morgan fingerprint density at radius 1 is 1.41 bits per heavy atom. The maximum Gasteiger partial charge on any atom is 0.308 e. The van der Waals surface area contributed by atoms with Crippen LogP contribution in [-0.2, 0) is 16.0 Å². The Balaban J connectivity index is 1.49. The van der Waals surface area contributed by atoms with Crippen LogP contribution >= 0.6 is 11.3 Å². The molecule has 1 saturated heterocycles. The molecule has 2 fully saturated rings. The van der Waals surface area contributed by atoms with Gasteiger partial charge in [-0.05, 0) is 44.4 Å². The number of hydrogen-bond donors (Lipinski definition) is 1. The molecule has 2 aliphatic rings. The monoisotopic (exact) mass is 322 g/mol. The number of likely N-dealkylation sites (tertiary alicyclic amines) is 1. The second kappa shape index (κ2) is 6.36. The Morgan fingerprint density at radius 2 is 2.18 bits per heavy atom. The van der Waals surface area contributed by atoms with Gasteiger partial charge in [-0.3, -0.25) is 9.59 Å². The molecule has 5 nitrogen and oxygen atoms in total. The van der Waals surface area contributed by atoms with Crippen LogP contribution in [0.25, 0.3) is 0 Å². The Hall–Kier alpha value is -1.43. The second-order valence-corrected chi connectivity index (χ2v) is 7.52. The second-order valence-electron chi connectivity index (χ2n) is 6.46. The van der Waals surface area contributed by atoms with Crippen LogP contribution < -0.4 is 0 Å². The van der Waals surface area contributed by atoms with E-state index in [1.165, 1.54) is 0 Å². The number of carbonyl (C=O) groups is 2. The van der Waals surface area contributed by atoms with Gasteiger partial charge in [0, 0.05) is 24.9 Å². The number of carboxylic acids is 1. The molecule has 1 aliphatic carbocycles. The van der Waals surface area contributed by atoms with Crippen LogP contribution in [0.4, 0.5) is 0 Å². The largest absolute Gasteiger partial charge is 0.481 e. The van der Waals surface area contributed by atoms with E-state index in [1.807, 2.05) is 12.3 Å². The number of amides is 1. The van der Waals surface area contributed by atoms with E-state index in [4.69, 9.17) is 0 Å². The van der Waals surface area contributed by atoms with Gasteiger partial charge in [0.2, 0.25) is 5.91 Å². The molecule has 1 N–H and O–H groups in total. The van der Waals surface area contributed by atoms with E-state index in [-0.39, 0.29) is 17.7 Å². The molecule has 0 unspecified atom stereocenters. The number of aromatic nitrogens is 1. The maximum atomic E-state index is 12.3. The average molecular weight is 322 g/mol. The van der Waals surface area contributed by atoms with Gasteiger partial charge in [0.15, 0.2) is 0 Å². The van der Waals surface area contributed by atoms with E-state index in [2.05, 4.69) is 4.98 Å². The van der Waals surface area contributed by atoms with E-state index in [0.29, 0.717) is 25.4 Å². The fourth-order valence-electron chi connectivity index (χ4n) is 3.40. The first-order valence-electron chi connectivity index (χ1n) is 7.96. The van der Waals surface area contributed by atoms with Gasteiger partial charge in [-0.1, -0.05) is 0 Å². The number of rotatable bonds is 6. The summed E-state index contributed by atoms with van der Waals surface area (Å²) in [4.78, 5) is 29.9. The van der Waals surface area contributed by atoms with Gasteiger partial charge in [0.25, 0.3) is 0 Å². The fourth-order valence-corrected chi connectivity index (χ4v) is 4.04. The molecular formula is C16H22N2O3S. The number of carbonyl (C=O) groups excluding carboxylic acids is 1. The zero-order valence-electron chi connectivity index (χ0n) is 12.8. The Labute approximate surface area is 134 Å². The summed E-state index contributed by atoms with van der Waals surface area (Å²) in [5, 5.41) is 12.4. The summed E-state index contributed by atoms with van der Waals surface area (Å²) in [5.41, 5.74) is 1.05. The van der Waals surface area contributed by atoms with Crippen LogP contribution in [0.3, 0.4) is 0 Å². The predicted molar refractivity (Wildman–Crippen MR) is 83.7 cm³/mol. The van der Waals surface area contributed by atoms with Crippen molar-refractivity contribution in [1.82, 2.24) is 9.88 Å². The van der Waals surface area contributed by atoms with Crippen LogP contribution in [0.15, 0.2) is 5.38 Å². The van der Waals surface area contributed by atoms with E-state index in [1.54, 1.807) is 16.2 Å². The molecule has 2 atom stereocenters. The van der Waals surface area contributed by atoms with E-state index in [0.717, 1.165) is 36.4 Å². The van der Waals surface area contributed by atoms with E-state index in [9.17, 15) is 14.7 Å². The highest BCUT2D eigenvalue weighted by Gasteiger charge is 2.46. The minimum Gasteiger partial charge on any atom is -0.481 e. The molecule has 1 saturated carbocycles. The topological polar surface area (TPSA) is 70.5 Å². The van der Waals surface area contributed by atoms with Gasteiger partial charge in [0.1, 0.15) is 0 Å². The van der Waals surface area contributed by atoms with Crippen molar-refractivity contribution in [2.45, 2.75) is 39.0 Å². The molecule has 6 heteroatoms. The molecule has 1 aliphatic heterocycles. The van der Waals surface area contributed by atoms with Gasteiger partial charge in [-0.2, -0.15) is 0 Å². The highest BCUT2D eigenvalue weighted by atomic mass is 32.1. The summed E-state index contributed by atoms with van der Waals surface area (Å²) in [7, 11) is 0. The van der Waals surface area contributed by atoms with Crippen LogP contribution in [0.1, 0.15) is 36.4 Å². The van der Waals surface area contributed by atoms with E-state index >= 15 is 0 Å². The highest BCUT2D eigenvalue weighted by molar-refractivity contribution is 7.09. The van der Waals surface area contributed by atoms with Gasteiger partial charge in [-0.25, -0.2) is 4.98 Å². The van der Waals surface area contributed by atoms with Crippen molar-refractivity contribution in [3.63, 3.8) is 0 Å². The van der Waals surface area contributed by atoms with Crippen LogP contribution in [-0.4, -0.2) is 40.0 Å². The third-order valence-electron chi connectivity index (χ3n) is 4.75. The fraction of sp³-hybridized carbons (Fsp3) is 0.688. The molecule has 1 aromatic heterocycles. The van der Waals surface area contributed by atoms with Crippen molar-refractivity contribution in [3.8, 4) is 0 Å². The molecule has 0 bridgehead atoms. The third kappa shape index (κ3) is 3.48. The zero-order chi connectivity index (χ0) is 15.7. The molecule has 0 spiro atoms. The lowest BCUT2D eigenvalue weighted by Gasteiger charge is -2.16. The van der Waals surface area contributed by atoms with Gasteiger partial charge in [-0.15, -0.1) is 11.3 Å². The summed E-state index contributed by atoms with van der Waals surface area (Å²) in [6, 6.07) is 0. The SMILES string of the molecule is Cc1nc(CCCC(=O)N2C[C@H](C(=O)O)[C@@H](C3CC3)C2)cs1. The number of aryl methyl sites for hydroxylation is 2. The number of aliphatic carboxylic acids is 1. The normalized spacial score (nSPS) is 24.7. The maximum absolute atomic E-state index is 12.3. The predicted octanol–water partition coefficient (Wildman–Crippen LogP) is 2.34. The zero-order valence-corrected chi connectivity index (χ0v) is 13.6. The smallest absolute Gasteiger partial charge is 0.308 e. The van der Waals surface area contributed by atoms with Gasteiger partial charge in [0.05, 0.1) is 16.6 Å². The van der Waals surface area contributed by atoms with Gasteiger partial charge >= 0.3 is 5.97 Å². The van der Waals surface area contributed by atoms with Crippen LogP contribution in [0, 0.1) is 24.7 Å². The summed E-state index contributed by atoms with van der Waals surface area (Å²) in [5.74, 6) is -0.316. The Morgan fingerprint density at radius 3 is 2.77 bits per heavy atom. The minimum absolute atomic E-state index is 0.0985. The number of nitrogens with zero attached hydrogens (tertiary/aromatic N) is 2. The van der Waals surface area contributed by atoms with Crippen molar-refractivity contribution in [2.75, 3.05) is 13.1 Å². The molecule has 1 amide bonds. The summed E-state index contributed by atoms with van der Waals surface area (Å²) >= 11 is 1.63. The lowest BCUT2D eigenvalue weighted by Crippen LogP contribution is -2.29. The van der Waals surface area contributed by atoms with Crippen molar-refractivity contribution in [1.29, 1.82) is 0 Å². The van der Waals surface area contributed by atoms with Gasteiger partial charge < -0.3 is 10.0 Å². The lowest BCUT2D eigenvalue weighted by molar-refractivity contribution is -0.142. The molecule has 0 radical (unpaired) electrons. The first-order valence-corrected chi connectivity index (χ1v) is 8.84. The number of thiazole rings is 1. The molecule has 3 rings (SSSR count). The molecule has 2 heterocycles. The summed E-state index contributed by atoms with van der Waals surface area (Å²) in [6.45, 7) is 3.01. The third-order valence-corrected chi connectivity index (χ3v) is 5.57. The standard InChI is InChI=1S/C16H22N2O3S/c1-10-17-12(9-22-10)3-2-4-15(19)18-7-13(11-5-6-11)14(8-18)16(20)21/h9,11,13-14H,2-8H2,1H3,(H,20,21)/t13-,14+/m1/s1. The highest BCUT2D eigenvalue weighted by Crippen LogP contribution is 2.44. The molecular weight excluding hydrogens is 300 g/mol. The van der Waals surface area contributed by atoms with Crippen molar-refractivity contribution >= 4 is 23.2 Å². The Kier molecular flexibility index (Phi) is 4.47. The van der Waals surface area contributed by atoms with E-state index < -0.39 is 5.97 Å². The van der Waals surface area contributed by atoms with Crippen LogP contribution in [0.2, 0.25) is 0 Å². The van der Waals surface area contributed by atoms with Crippen molar-refractivity contribution in [3.05, 3.63) is 16.1 Å². The summed E-state index contributed by atoms with van der Waals surface area (Å²) < 4.78 is 0. The minimum atomic E-state index is -0.745. The molecule has 22 heavy (non-hydrogen) atoms. The molecule has 120 valence electrons. The first kappa shape index (κ1) is 15.5. The number of hydrogen-bond acceptors (Lipinski definition) is 4. The quantitative estimate of drug-likeness (QED) is 0.873. The molecule has 0 aromatic carbocycles. The van der Waals surface area contributed by atoms with Crippen molar-refractivity contribution in [2.24, 2.45) is 17.8 Å². The summed E-state index contributed by atoms with van der Waals surface area (Å²) in [6.07, 6.45) is 4.34.